The summed E-state index contributed by atoms with van der Waals surface area (Å²) in [5, 5.41) is 7.14. The maximum atomic E-state index is 12.4. The average molecular weight is 642 g/mol. The van der Waals surface area contributed by atoms with Gasteiger partial charge in [0, 0.05) is 0 Å². The van der Waals surface area contributed by atoms with Crippen molar-refractivity contribution in [3.8, 4) is 0 Å². The number of carbonyl (C=O) groups excluding carboxylic acids is 1. The van der Waals surface area contributed by atoms with Crippen LogP contribution < -0.4 is 48.4 Å². The molecule has 3 aromatic rings. The van der Waals surface area contributed by atoms with Gasteiger partial charge in [-0.3, -0.25) is 0 Å². The summed E-state index contributed by atoms with van der Waals surface area (Å²) >= 11 is 6.69. The van der Waals surface area contributed by atoms with Crippen LogP contribution in [0.3, 0.4) is 0 Å². The van der Waals surface area contributed by atoms with Crippen LogP contribution in [0.25, 0.3) is 31.2 Å². The first kappa shape index (κ1) is 15.5. The number of benzene rings is 3. The number of carbonyl (C=O) groups is 1. The van der Waals surface area contributed by atoms with E-state index in [1.54, 1.807) is 0 Å². The Morgan fingerprint density at radius 2 is 1.59 bits per heavy atom. The molecule has 1 nitrogen and oxygen atoms in total. The number of Topliss-reactive ketones (excluding diaryl/α,β-unsaturated/α-hetero) is 1. The van der Waals surface area contributed by atoms with Crippen molar-refractivity contribution >= 4 is 62.4 Å². The van der Waals surface area contributed by atoms with Gasteiger partial charge in [-0.2, -0.15) is 0 Å². The third-order valence-electron chi connectivity index (χ3n) is 3.89. The Balaban J connectivity index is 2.37. The van der Waals surface area contributed by atoms with Crippen molar-refractivity contribution in [1.29, 1.82) is 0 Å². The van der Waals surface area contributed by atoms with Crippen molar-refractivity contribution in [3.63, 3.8) is 0 Å². The number of hydrogen-bond acceptors (Lipinski definition) is 1. The van der Waals surface area contributed by atoms with Crippen molar-refractivity contribution in [2.45, 2.75) is 0 Å². The normalized spacial score (nSPS) is 14.1. The van der Waals surface area contributed by atoms with Gasteiger partial charge in [-0.1, -0.05) is 0 Å². The van der Waals surface area contributed by atoms with E-state index in [1.165, 1.54) is 25.1 Å². The second kappa shape index (κ2) is 6.14. The average Bonchev–Trinajstić information content (AvgIpc) is 2.91. The van der Waals surface area contributed by atoms with Crippen molar-refractivity contribution in [1.82, 2.24) is 0 Å². The Bertz CT molecular complexity index is 1070. The van der Waals surface area contributed by atoms with Crippen LogP contribution in [-0.4, -0.2) is 5.78 Å². The minimum atomic E-state index is -0.420. The number of rotatable bonds is 2. The molecule has 0 radical (unpaired) electrons. The molecule has 4 rings (SSSR count). The van der Waals surface area contributed by atoms with Crippen LogP contribution in [0.2, 0.25) is 0 Å². The van der Waals surface area contributed by atoms with Crippen LogP contribution in [0.1, 0.15) is 0 Å². The summed E-state index contributed by atoms with van der Waals surface area (Å²) in [5.74, 6) is 0.175. The van der Waals surface area contributed by atoms with Crippen molar-refractivity contribution in [3.05, 3.63) is 56.5 Å². The molecule has 0 fully saturated rings. The number of fused-ring (bicyclic) bond motifs is 6. The van der Waals surface area contributed by atoms with Crippen molar-refractivity contribution in [2.75, 3.05) is 0 Å². The van der Waals surface area contributed by atoms with Gasteiger partial charge in [0.05, 0.1) is 0 Å². The van der Waals surface area contributed by atoms with Crippen LogP contribution >= 0.6 is 25.4 Å². The molecule has 0 N–H and O–H groups in total. The van der Waals surface area contributed by atoms with E-state index < -0.39 is 19.0 Å². The van der Waals surface area contributed by atoms with Crippen LogP contribution in [0, 0.1) is 3.57 Å². The summed E-state index contributed by atoms with van der Waals surface area (Å²) in [7, 11) is 0. The molecule has 1 aliphatic rings. The third-order valence-corrected chi connectivity index (χ3v) is 10.8. The van der Waals surface area contributed by atoms with Crippen LogP contribution in [-0.2, 0) is 4.79 Å². The maximum absolute atomic E-state index is 12.4. The minimum absolute atomic E-state index is 0.122. The molecule has 0 unspecified atom stereocenters. The second-order valence-electron chi connectivity index (χ2n) is 4.99. The van der Waals surface area contributed by atoms with Gasteiger partial charge >= 0.3 is 162 Å². The van der Waals surface area contributed by atoms with Crippen LogP contribution in [0.4, 0.5) is 0 Å². The van der Waals surface area contributed by atoms with Crippen molar-refractivity contribution < 1.29 is 42.8 Å². The zero-order chi connectivity index (χ0) is 15.3. The van der Waals surface area contributed by atoms with E-state index >= 15 is 0 Å². The van der Waals surface area contributed by atoms with E-state index in [9.17, 15) is 4.79 Å². The SMILES string of the molecule is O=C1C=c2c(c3ccccc3c3cc([I-]Br)ccc23)=C1[I-]Br. The van der Waals surface area contributed by atoms with E-state index in [1.807, 2.05) is 6.08 Å². The van der Waals surface area contributed by atoms with Gasteiger partial charge in [-0.15, -0.1) is 0 Å². The van der Waals surface area contributed by atoms with Crippen LogP contribution in [0.15, 0.2) is 42.5 Å². The molecule has 0 saturated heterocycles. The van der Waals surface area contributed by atoms with Crippen LogP contribution in [0.5, 0.6) is 0 Å². The first-order chi connectivity index (χ1) is 10.7. The van der Waals surface area contributed by atoms with Gasteiger partial charge in [-0.25, -0.2) is 0 Å². The number of halogens is 4. The molecule has 0 amide bonds. The fourth-order valence-electron chi connectivity index (χ4n) is 3.01. The monoisotopic (exact) mass is 640 g/mol. The molecule has 0 atom stereocenters. The third kappa shape index (κ3) is 2.31. The summed E-state index contributed by atoms with van der Waals surface area (Å²) in [6, 6.07) is 15.1. The fourth-order valence-corrected chi connectivity index (χ4v) is 8.14. The van der Waals surface area contributed by atoms with Gasteiger partial charge in [0.2, 0.25) is 0 Å². The van der Waals surface area contributed by atoms with E-state index in [-0.39, 0.29) is 24.8 Å². The predicted octanol–water partition coefficient (Wildman–Crippen LogP) is -2.57. The molecule has 0 spiro atoms. The van der Waals surface area contributed by atoms with Gasteiger partial charge in [-0.05, 0) is 0 Å². The summed E-state index contributed by atoms with van der Waals surface area (Å²) in [6.07, 6.45) is 1.82. The summed E-state index contributed by atoms with van der Waals surface area (Å²) in [4.78, 5) is 12.4. The van der Waals surface area contributed by atoms with Gasteiger partial charge in [0.1, 0.15) is 0 Å². The van der Waals surface area contributed by atoms with E-state index in [0.29, 0.717) is 0 Å². The molecule has 3 aromatic carbocycles. The van der Waals surface area contributed by atoms with Crippen molar-refractivity contribution in [2.24, 2.45) is 0 Å². The molecular weight excluding hydrogens is 634 g/mol. The first-order valence-corrected chi connectivity index (χ1v) is 18.3. The molecule has 112 valence electrons. The number of ketones is 1. The van der Waals surface area contributed by atoms with E-state index in [4.69, 9.17) is 0 Å². The molecule has 0 aliphatic heterocycles. The molecule has 1 aliphatic carbocycles. The zero-order valence-electron chi connectivity index (χ0n) is 11.0. The second-order valence-corrected chi connectivity index (χ2v) is 12.2. The predicted molar refractivity (Wildman–Crippen MR) is 90.1 cm³/mol. The Morgan fingerprint density at radius 1 is 0.818 bits per heavy atom. The zero-order valence-corrected chi connectivity index (χ0v) is 18.5. The quantitative estimate of drug-likeness (QED) is 0.222. The molecular formula is C17H8Br2I2O-2. The number of hydrogen-bond donors (Lipinski definition) is 0. The molecule has 0 saturated carbocycles. The first-order valence-electron chi connectivity index (χ1n) is 6.51. The van der Waals surface area contributed by atoms with E-state index in [0.717, 1.165) is 14.0 Å². The molecule has 22 heavy (non-hydrogen) atoms. The summed E-state index contributed by atoms with van der Waals surface area (Å²) in [6.45, 7) is 0. The Labute approximate surface area is 159 Å². The topological polar surface area (TPSA) is 17.1 Å². The van der Waals surface area contributed by atoms with E-state index in [2.05, 4.69) is 67.8 Å². The Hall–Kier alpha value is 0.0100. The fraction of sp³-hybridized carbons (Fsp3) is 0. The molecule has 5 heteroatoms. The Morgan fingerprint density at radius 3 is 2.32 bits per heavy atom. The molecule has 0 heterocycles. The van der Waals surface area contributed by atoms with Gasteiger partial charge in [0.25, 0.3) is 0 Å². The standard InChI is InChI=1S/C17H8Br2I2O/c18-20-9-5-6-11-13(7-9)10-3-1-2-4-12(10)16-14(11)8-15(22)17(16)21-19/h1-8H/q-2. The summed E-state index contributed by atoms with van der Waals surface area (Å²) in [5.41, 5.74) is 0. The Kier molecular flexibility index (Phi) is 4.34. The van der Waals surface area contributed by atoms with Gasteiger partial charge in [0.15, 0.2) is 0 Å². The summed E-state index contributed by atoms with van der Waals surface area (Å²) < 4.78 is 2.33. The van der Waals surface area contributed by atoms with Gasteiger partial charge < -0.3 is 0 Å². The molecule has 0 aromatic heterocycles. The molecule has 0 bridgehead atoms.